The molecule has 0 saturated carbocycles. The van der Waals surface area contributed by atoms with Gasteiger partial charge in [0.2, 0.25) is 0 Å². The van der Waals surface area contributed by atoms with Gasteiger partial charge in [0.25, 0.3) is 0 Å². The first-order chi connectivity index (χ1) is 9.77. The Hall–Kier alpha value is -0.850. The van der Waals surface area contributed by atoms with Crippen molar-refractivity contribution in [2.75, 3.05) is 0 Å². The second-order valence-corrected chi connectivity index (χ2v) is 6.41. The molecule has 2 aromatic rings. The molecule has 0 fully saturated rings. The van der Waals surface area contributed by atoms with Gasteiger partial charge in [0.05, 0.1) is 11.7 Å². The molecule has 2 aromatic carbocycles. The van der Waals surface area contributed by atoms with Gasteiger partial charge >= 0.3 is 6.18 Å². The van der Waals surface area contributed by atoms with Crippen molar-refractivity contribution in [3.05, 3.63) is 68.1 Å². The van der Waals surface area contributed by atoms with Gasteiger partial charge in [0.15, 0.2) is 0 Å². The summed E-state index contributed by atoms with van der Waals surface area (Å²) >= 11 is 6.32. The van der Waals surface area contributed by atoms with Crippen molar-refractivity contribution in [1.29, 1.82) is 0 Å². The minimum atomic E-state index is -4.50. The van der Waals surface area contributed by atoms with E-state index in [4.69, 9.17) is 0 Å². The average Bonchev–Trinajstić information content (AvgIpc) is 2.37. The Labute approximate surface area is 137 Å². The van der Waals surface area contributed by atoms with Gasteiger partial charge in [-0.05, 0) is 35.4 Å². The van der Waals surface area contributed by atoms with Crippen molar-refractivity contribution < 1.29 is 18.3 Å². The van der Waals surface area contributed by atoms with Crippen LogP contribution in [-0.4, -0.2) is 5.11 Å². The summed E-state index contributed by atoms with van der Waals surface area (Å²) in [4.78, 5) is 0. The molecule has 1 nitrogen and oxygen atoms in total. The SMILES string of the molecule is OC(Cc1cccc(Br)c1)c1ccc(Br)cc1C(F)(F)F. The quantitative estimate of drug-likeness (QED) is 0.690. The van der Waals surface area contributed by atoms with Crippen molar-refractivity contribution in [3.63, 3.8) is 0 Å². The Morgan fingerprint density at radius 2 is 1.67 bits per heavy atom. The topological polar surface area (TPSA) is 20.2 Å². The van der Waals surface area contributed by atoms with Crippen LogP contribution in [-0.2, 0) is 12.6 Å². The molecule has 0 spiro atoms. The highest BCUT2D eigenvalue weighted by molar-refractivity contribution is 9.10. The summed E-state index contributed by atoms with van der Waals surface area (Å²) in [6.07, 6.45) is -5.61. The predicted molar refractivity (Wildman–Crippen MR) is 81.9 cm³/mol. The van der Waals surface area contributed by atoms with Gasteiger partial charge in [-0.1, -0.05) is 50.1 Å². The third-order valence-electron chi connectivity index (χ3n) is 3.00. The minimum absolute atomic E-state index is 0.115. The van der Waals surface area contributed by atoms with Crippen molar-refractivity contribution >= 4 is 31.9 Å². The standard InChI is InChI=1S/C15H11Br2F3O/c16-10-3-1-2-9(6-10)7-14(21)12-5-4-11(17)8-13(12)15(18,19)20/h1-6,8,14,21H,7H2. The number of hydrogen-bond donors (Lipinski definition) is 1. The first-order valence-corrected chi connectivity index (χ1v) is 7.65. The number of rotatable bonds is 3. The van der Waals surface area contributed by atoms with Crippen LogP contribution in [0.1, 0.15) is 22.8 Å². The fourth-order valence-corrected chi connectivity index (χ4v) is 2.87. The average molecular weight is 424 g/mol. The van der Waals surface area contributed by atoms with Crippen LogP contribution in [0.25, 0.3) is 0 Å². The van der Waals surface area contributed by atoms with Gasteiger partial charge in [-0.3, -0.25) is 0 Å². The van der Waals surface area contributed by atoms with Gasteiger partial charge < -0.3 is 5.11 Å². The van der Waals surface area contributed by atoms with Crippen LogP contribution in [0.2, 0.25) is 0 Å². The van der Waals surface area contributed by atoms with E-state index in [1.54, 1.807) is 18.2 Å². The maximum atomic E-state index is 13.1. The molecule has 21 heavy (non-hydrogen) atoms. The third kappa shape index (κ3) is 4.31. The van der Waals surface area contributed by atoms with Crippen LogP contribution >= 0.6 is 31.9 Å². The number of alkyl halides is 3. The van der Waals surface area contributed by atoms with E-state index in [1.165, 1.54) is 12.1 Å². The maximum absolute atomic E-state index is 13.1. The van der Waals surface area contributed by atoms with Crippen molar-refractivity contribution in [3.8, 4) is 0 Å². The molecule has 0 aromatic heterocycles. The normalized spacial score (nSPS) is 13.2. The van der Waals surface area contributed by atoms with E-state index in [9.17, 15) is 18.3 Å². The zero-order chi connectivity index (χ0) is 15.6. The van der Waals surface area contributed by atoms with Gasteiger partial charge in [-0.25, -0.2) is 0 Å². The lowest BCUT2D eigenvalue weighted by atomic mass is 9.97. The number of halogens is 5. The zero-order valence-electron chi connectivity index (χ0n) is 10.7. The Morgan fingerprint density at radius 1 is 1.00 bits per heavy atom. The Kier molecular flexibility index (Phi) is 5.11. The highest BCUT2D eigenvalue weighted by Gasteiger charge is 2.35. The predicted octanol–water partition coefficient (Wildman–Crippen LogP) is 5.51. The second-order valence-electron chi connectivity index (χ2n) is 4.58. The van der Waals surface area contributed by atoms with Crippen LogP contribution in [0.3, 0.4) is 0 Å². The lowest BCUT2D eigenvalue weighted by molar-refractivity contribution is -0.139. The number of aliphatic hydroxyl groups is 1. The lowest BCUT2D eigenvalue weighted by Gasteiger charge is -2.18. The monoisotopic (exact) mass is 422 g/mol. The molecule has 0 aliphatic carbocycles. The van der Waals surface area contributed by atoms with Gasteiger partial charge in [0, 0.05) is 15.4 Å². The van der Waals surface area contributed by atoms with Crippen molar-refractivity contribution in [2.24, 2.45) is 0 Å². The Morgan fingerprint density at radius 3 is 2.29 bits per heavy atom. The molecule has 0 aliphatic rings. The van der Waals surface area contributed by atoms with Gasteiger partial charge in [-0.15, -0.1) is 0 Å². The summed E-state index contributed by atoms with van der Waals surface area (Å²) in [6, 6.07) is 10.9. The molecule has 0 amide bonds. The van der Waals surface area contributed by atoms with E-state index in [2.05, 4.69) is 31.9 Å². The Balaban J connectivity index is 2.33. The van der Waals surface area contributed by atoms with E-state index >= 15 is 0 Å². The molecule has 1 unspecified atom stereocenters. The molecule has 112 valence electrons. The van der Waals surface area contributed by atoms with Crippen molar-refractivity contribution in [2.45, 2.75) is 18.7 Å². The van der Waals surface area contributed by atoms with Gasteiger partial charge in [0.1, 0.15) is 0 Å². The van der Waals surface area contributed by atoms with E-state index in [0.717, 1.165) is 16.1 Å². The summed E-state index contributed by atoms with van der Waals surface area (Å²) in [5.74, 6) is 0. The lowest BCUT2D eigenvalue weighted by Crippen LogP contribution is -2.13. The first-order valence-electron chi connectivity index (χ1n) is 6.06. The molecule has 0 aliphatic heterocycles. The molecular formula is C15H11Br2F3O. The van der Waals surface area contributed by atoms with Crippen LogP contribution in [0.15, 0.2) is 51.4 Å². The van der Waals surface area contributed by atoms with Crippen LogP contribution in [0.5, 0.6) is 0 Å². The molecule has 1 N–H and O–H groups in total. The number of aliphatic hydroxyl groups excluding tert-OH is 1. The van der Waals surface area contributed by atoms with Crippen LogP contribution in [0, 0.1) is 0 Å². The molecule has 2 rings (SSSR count). The summed E-state index contributed by atoms with van der Waals surface area (Å²) in [6.45, 7) is 0. The fraction of sp³-hybridized carbons (Fsp3) is 0.200. The summed E-state index contributed by atoms with van der Waals surface area (Å²) in [7, 11) is 0. The van der Waals surface area contributed by atoms with E-state index in [1.807, 2.05) is 6.07 Å². The van der Waals surface area contributed by atoms with Gasteiger partial charge in [-0.2, -0.15) is 13.2 Å². The molecular weight excluding hydrogens is 413 g/mol. The number of hydrogen-bond acceptors (Lipinski definition) is 1. The molecule has 0 heterocycles. The summed E-state index contributed by atoms with van der Waals surface area (Å²) in [5.41, 5.74) is -0.182. The highest BCUT2D eigenvalue weighted by atomic mass is 79.9. The van der Waals surface area contributed by atoms with Crippen LogP contribution in [0.4, 0.5) is 13.2 Å². The smallest absolute Gasteiger partial charge is 0.388 e. The summed E-state index contributed by atoms with van der Waals surface area (Å²) in [5, 5.41) is 10.2. The summed E-state index contributed by atoms with van der Waals surface area (Å²) < 4.78 is 40.3. The number of benzene rings is 2. The molecule has 6 heteroatoms. The molecule has 1 atom stereocenters. The first kappa shape index (κ1) is 16.5. The largest absolute Gasteiger partial charge is 0.416 e. The zero-order valence-corrected chi connectivity index (χ0v) is 13.8. The minimum Gasteiger partial charge on any atom is -0.388 e. The van der Waals surface area contributed by atoms with E-state index in [-0.39, 0.29) is 12.0 Å². The maximum Gasteiger partial charge on any atom is 0.416 e. The third-order valence-corrected chi connectivity index (χ3v) is 3.98. The van der Waals surface area contributed by atoms with Crippen molar-refractivity contribution in [1.82, 2.24) is 0 Å². The van der Waals surface area contributed by atoms with E-state index < -0.39 is 17.8 Å². The molecule has 0 radical (unpaired) electrons. The van der Waals surface area contributed by atoms with E-state index in [0.29, 0.717) is 4.47 Å². The Bertz CT molecular complexity index is 641. The second kappa shape index (κ2) is 6.50. The van der Waals surface area contributed by atoms with Crippen LogP contribution < -0.4 is 0 Å². The molecule has 0 saturated heterocycles. The fourth-order valence-electron chi connectivity index (χ4n) is 2.06. The highest BCUT2D eigenvalue weighted by Crippen LogP contribution is 2.37. The molecule has 0 bridgehead atoms.